The minimum absolute atomic E-state index is 0.0317. The summed E-state index contributed by atoms with van der Waals surface area (Å²) in [6.07, 6.45) is 9.54. The number of halogens is 1. The molecule has 2 atom stereocenters. The predicted octanol–water partition coefficient (Wildman–Crippen LogP) is 2.10. The van der Waals surface area contributed by atoms with Crippen LogP contribution in [0.2, 0.25) is 5.15 Å². The van der Waals surface area contributed by atoms with Crippen molar-refractivity contribution < 1.29 is 4.74 Å². The molecular formula is C10H7ClN2O. The third-order valence-electron chi connectivity index (χ3n) is 2.44. The van der Waals surface area contributed by atoms with Gasteiger partial charge in [-0.2, -0.15) is 0 Å². The van der Waals surface area contributed by atoms with Crippen molar-refractivity contribution in [2.75, 3.05) is 0 Å². The van der Waals surface area contributed by atoms with Crippen LogP contribution in [0.25, 0.3) is 0 Å². The minimum Gasteiger partial charge on any atom is -0.480 e. The molecule has 2 heterocycles. The highest BCUT2D eigenvalue weighted by molar-refractivity contribution is 6.30. The second kappa shape index (κ2) is 2.82. The molecule has 2 aliphatic rings. The number of ether oxygens (including phenoxy) is 1. The molecule has 14 heavy (non-hydrogen) atoms. The molecule has 1 aromatic rings. The SMILES string of the molecule is Clc1ncnc2c1O[C@@H]1C=CC=CC21. The Kier molecular flexibility index (Phi) is 1.61. The number of fused-ring (bicyclic) bond motifs is 3. The van der Waals surface area contributed by atoms with Gasteiger partial charge in [-0.3, -0.25) is 0 Å². The lowest BCUT2D eigenvalue weighted by Crippen LogP contribution is -2.15. The Bertz CT molecular complexity index is 442. The van der Waals surface area contributed by atoms with Crippen LogP contribution in [0.15, 0.2) is 30.6 Å². The number of hydrogen-bond acceptors (Lipinski definition) is 3. The molecule has 1 aliphatic carbocycles. The van der Waals surface area contributed by atoms with Gasteiger partial charge in [0.1, 0.15) is 12.4 Å². The zero-order valence-corrected chi connectivity index (χ0v) is 7.98. The van der Waals surface area contributed by atoms with Crippen molar-refractivity contribution >= 4 is 11.6 Å². The summed E-state index contributed by atoms with van der Waals surface area (Å²) in [6.45, 7) is 0. The van der Waals surface area contributed by atoms with Crippen LogP contribution in [0.4, 0.5) is 0 Å². The fraction of sp³-hybridized carbons (Fsp3) is 0.200. The van der Waals surface area contributed by atoms with Crippen molar-refractivity contribution in [3.63, 3.8) is 0 Å². The van der Waals surface area contributed by atoms with E-state index in [2.05, 4.69) is 16.0 Å². The van der Waals surface area contributed by atoms with E-state index in [-0.39, 0.29) is 12.0 Å². The fourth-order valence-electron chi connectivity index (χ4n) is 1.79. The molecule has 0 saturated carbocycles. The Hall–Kier alpha value is -1.35. The molecule has 1 aromatic heterocycles. The fourth-order valence-corrected chi connectivity index (χ4v) is 1.98. The van der Waals surface area contributed by atoms with Gasteiger partial charge in [0.15, 0.2) is 10.9 Å². The van der Waals surface area contributed by atoms with Crippen LogP contribution in [0.5, 0.6) is 5.75 Å². The van der Waals surface area contributed by atoms with Gasteiger partial charge < -0.3 is 4.74 Å². The summed E-state index contributed by atoms with van der Waals surface area (Å²) in [7, 11) is 0. The summed E-state index contributed by atoms with van der Waals surface area (Å²) in [5, 5.41) is 0.395. The molecule has 3 nitrogen and oxygen atoms in total. The summed E-state index contributed by atoms with van der Waals surface area (Å²) in [5.41, 5.74) is 0.885. The van der Waals surface area contributed by atoms with Crippen molar-refractivity contribution in [1.82, 2.24) is 9.97 Å². The van der Waals surface area contributed by atoms with Crippen LogP contribution in [0, 0.1) is 0 Å². The monoisotopic (exact) mass is 206 g/mol. The van der Waals surface area contributed by atoms with Crippen molar-refractivity contribution in [2.24, 2.45) is 0 Å². The van der Waals surface area contributed by atoms with Gasteiger partial charge >= 0.3 is 0 Å². The molecule has 0 saturated heterocycles. The average Bonchev–Trinajstić information content (AvgIpc) is 2.59. The molecule has 0 bridgehead atoms. The van der Waals surface area contributed by atoms with E-state index in [1.165, 1.54) is 6.33 Å². The first kappa shape index (κ1) is 8.00. The Labute approximate surface area is 86.1 Å². The lowest BCUT2D eigenvalue weighted by atomic mass is 9.96. The molecule has 0 amide bonds. The molecule has 0 N–H and O–H groups in total. The lowest BCUT2D eigenvalue weighted by molar-refractivity contribution is 0.268. The number of hydrogen-bond donors (Lipinski definition) is 0. The third-order valence-corrected chi connectivity index (χ3v) is 2.71. The second-order valence-electron chi connectivity index (χ2n) is 3.26. The van der Waals surface area contributed by atoms with E-state index in [9.17, 15) is 0 Å². The quantitative estimate of drug-likeness (QED) is 0.610. The first-order valence-electron chi connectivity index (χ1n) is 4.38. The van der Waals surface area contributed by atoms with E-state index in [1.807, 2.05) is 18.2 Å². The maximum atomic E-state index is 5.91. The third kappa shape index (κ3) is 0.990. The largest absolute Gasteiger partial charge is 0.480 e. The maximum Gasteiger partial charge on any atom is 0.179 e. The Balaban J connectivity index is 2.15. The Morgan fingerprint density at radius 1 is 1.21 bits per heavy atom. The molecule has 1 aliphatic heterocycles. The van der Waals surface area contributed by atoms with E-state index in [4.69, 9.17) is 16.3 Å². The van der Waals surface area contributed by atoms with Crippen LogP contribution in [-0.2, 0) is 0 Å². The normalized spacial score (nSPS) is 26.9. The van der Waals surface area contributed by atoms with Gasteiger partial charge in [-0.1, -0.05) is 29.8 Å². The molecule has 0 aromatic carbocycles. The van der Waals surface area contributed by atoms with Gasteiger partial charge in [0, 0.05) is 0 Å². The van der Waals surface area contributed by atoms with E-state index >= 15 is 0 Å². The predicted molar refractivity (Wildman–Crippen MR) is 52.5 cm³/mol. The van der Waals surface area contributed by atoms with E-state index in [0.717, 1.165) is 5.69 Å². The van der Waals surface area contributed by atoms with E-state index in [0.29, 0.717) is 10.9 Å². The van der Waals surface area contributed by atoms with Gasteiger partial charge in [-0.25, -0.2) is 9.97 Å². The van der Waals surface area contributed by atoms with E-state index < -0.39 is 0 Å². The zero-order chi connectivity index (χ0) is 9.54. The van der Waals surface area contributed by atoms with Crippen molar-refractivity contribution in [1.29, 1.82) is 0 Å². The van der Waals surface area contributed by atoms with Gasteiger partial charge in [-0.15, -0.1) is 0 Å². The van der Waals surface area contributed by atoms with Crippen LogP contribution in [0.3, 0.4) is 0 Å². The molecule has 4 heteroatoms. The second-order valence-corrected chi connectivity index (χ2v) is 3.61. The summed E-state index contributed by atoms with van der Waals surface area (Å²) in [4.78, 5) is 8.09. The summed E-state index contributed by atoms with van der Waals surface area (Å²) in [6, 6.07) is 0. The molecular weight excluding hydrogens is 200 g/mol. The number of allylic oxidation sites excluding steroid dienone is 2. The Morgan fingerprint density at radius 2 is 2.07 bits per heavy atom. The molecule has 70 valence electrons. The van der Waals surface area contributed by atoms with Crippen molar-refractivity contribution in [3.8, 4) is 5.75 Å². The Morgan fingerprint density at radius 3 is 3.00 bits per heavy atom. The summed E-state index contributed by atoms with van der Waals surface area (Å²) in [5.74, 6) is 0.816. The molecule has 3 rings (SSSR count). The van der Waals surface area contributed by atoms with Crippen LogP contribution in [-0.4, -0.2) is 16.1 Å². The van der Waals surface area contributed by atoms with Crippen molar-refractivity contribution in [3.05, 3.63) is 41.5 Å². The summed E-state index contributed by atoms with van der Waals surface area (Å²) < 4.78 is 5.65. The van der Waals surface area contributed by atoms with Gasteiger partial charge in [-0.05, 0) is 6.08 Å². The first-order valence-corrected chi connectivity index (χ1v) is 4.76. The smallest absolute Gasteiger partial charge is 0.179 e. The molecule has 1 unspecified atom stereocenters. The van der Waals surface area contributed by atoms with Crippen molar-refractivity contribution in [2.45, 2.75) is 12.0 Å². The molecule has 0 spiro atoms. The maximum absolute atomic E-state index is 5.91. The molecule has 0 fully saturated rings. The number of aromatic nitrogens is 2. The first-order chi connectivity index (χ1) is 6.86. The van der Waals surface area contributed by atoms with Gasteiger partial charge in [0.05, 0.1) is 11.6 Å². The van der Waals surface area contributed by atoms with E-state index in [1.54, 1.807) is 0 Å². The topological polar surface area (TPSA) is 35.0 Å². The highest BCUT2D eigenvalue weighted by atomic mass is 35.5. The lowest BCUT2D eigenvalue weighted by Gasteiger charge is -2.12. The minimum atomic E-state index is 0.0317. The summed E-state index contributed by atoms with van der Waals surface area (Å²) >= 11 is 5.91. The van der Waals surface area contributed by atoms with Crippen LogP contribution < -0.4 is 4.74 Å². The highest BCUT2D eigenvalue weighted by Gasteiger charge is 2.35. The van der Waals surface area contributed by atoms with Crippen LogP contribution >= 0.6 is 11.6 Å². The molecule has 0 radical (unpaired) electrons. The number of nitrogens with zero attached hydrogens (tertiary/aromatic N) is 2. The van der Waals surface area contributed by atoms with Crippen LogP contribution in [0.1, 0.15) is 11.6 Å². The average molecular weight is 207 g/mol. The number of rotatable bonds is 0. The zero-order valence-electron chi connectivity index (χ0n) is 7.22. The van der Waals surface area contributed by atoms with Gasteiger partial charge in [0.25, 0.3) is 0 Å². The standard InChI is InChI=1S/C10H7ClN2O/c11-10-9-8(12-5-13-10)6-3-1-2-4-7(6)14-9/h1-7H/t6?,7-/m1/s1. The van der Waals surface area contributed by atoms with Gasteiger partial charge in [0.2, 0.25) is 0 Å². The highest BCUT2D eigenvalue weighted by Crippen LogP contribution is 2.42.